The third kappa shape index (κ3) is 3.52. The number of benzene rings is 2. The smallest absolute Gasteiger partial charge is 0.337 e. The number of halogens is 2. The minimum absolute atomic E-state index is 0.0258. The molecule has 0 saturated heterocycles. The number of nitrogens with zero attached hydrogens (tertiary/aromatic N) is 3. The summed E-state index contributed by atoms with van der Waals surface area (Å²) in [6.07, 6.45) is 1.36. The summed E-state index contributed by atoms with van der Waals surface area (Å²) in [5.41, 5.74) is 5.96. The van der Waals surface area contributed by atoms with Crippen molar-refractivity contribution in [3.63, 3.8) is 0 Å². The molecular formula is C24H21FIN5O3. The summed E-state index contributed by atoms with van der Waals surface area (Å²) in [6, 6.07) is 11.0. The maximum absolute atomic E-state index is 15.1. The molecule has 10 heteroatoms. The van der Waals surface area contributed by atoms with E-state index in [-0.39, 0.29) is 28.5 Å². The number of aromatic nitrogens is 3. The quantitative estimate of drug-likeness (QED) is 0.287. The fourth-order valence-electron chi connectivity index (χ4n) is 4.19. The lowest BCUT2D eigenvalue weighted by atomic mass is 10.1. The first-order chi connectivity index (χ1) is 16.2. The van der Waals surface area contributed by atoms with Gasteiger partial charge in [0.2, 0.25) is 0 Å². The number of pyridine rings is 1. The molecular weight excluding hydrogens is 552 g/mol. The number of aryl methyl sites for hydroxylation is 1. The number of hydrogen-bond acceptors (Lipinski definition) is 5. The van der Waals surface area contributed by atoms with Crippen LogP contribution in [0.5, 0.6) is 0 Å². The van der Waals surface area contributed by atoms with E-state index in [4.69, 9.17) is 5.73 Å². The van der Waals surface area contributed by atoms with Crippen LogP contribution in [0.1, 0.15) is 24.4 Å². The Morgan fingerprint density at radius 3 is 2.35 bits per heavy atom. The number of nitrogens with two attached hydrogens (primary N) is 1. The summed E-state index contributed by atoms with van der Waals surface area (Å²) in [6.45, 7) is 1.61. The highest BCUT2D eigenvalue weighted by Crippen LogP contribution is 2.34. The van der Waals surface area contributed by atoms with E-state index < -0.39 is 22.6 Å². The summed E-state index contributed by atoms with van der Waals surface area (Å²) >= 11 is 1.98. The SMILES string of the molecule is Cc1c(Nc2ccc(N)cc2)c2c(=O)n(C3CC3)c(=O)n(-c3ccc(I)cc3F)c2n(C)c1=O. The molecule has 8 nitrogen and oxygen atoms in total. The number of anilines is 3. The van der Waals surface area contributed by atoms with Crippen molar-refractivity contribution in [2.24, 2.45) is 7.05 Å². The number of nitrogen functional groups attached to an aromatic ring is 1. The van der Waals surface area contributed by atoms with Crippen molar-refractivity contribution >= 4 is 50.7 Å². The number of fused-ring (bicyclic) bond motifs is 1. The topological polar surface area (TPSA) is 104 Å². The van der Waals surface area contributed by atoms with E-state index in [0.717, 1.165) is 4.57 Å². The minimum atomic E-state index is -0.669. The van der Waals surface area contributed by atoms with Gasteiger partial charge in [-0.3, -0.25) is 18.7 Å². The molecule has 34 heavy (non-hydrogen) atoms. The van der Waals surface area contributed by atoms with Crippen LogP contribution in [0, 0.1) is 16.3 Å². The van der Waals surface area contributed by atoms with Crippen molar-refractivity contribution in [3.8, 4) is 5.69 Å². The molecule has 1 aliphatic rings. The van der Waals surface area contributed by atoms with Gasteiger partial charge in [-0.1, -0.05) is 0 Å². The zero-order valence-corrected chi connectivity index (χ0v) is 20.6. The minimum Gasteiger partial charge on any atom is -0.399 e. The highest BCUT2D eigenvalue weighted by molar-refractivity contribution is 14.1. The molecule has 2 aromatic carbocycles. The summed E-state index contributed by atoms with van der Waals surface area (Å²) in [7, 11) is 1.48. The number of nitrogens with one attached hydrogen (secondary N) is 1. The molecule has 3 N–H and O–H groups in total. The average molecular weight is 573 g/mol. The van der Waals surface area contributed by atoms with E-state index in [9.17, 15) is 14.4 Å². The maximum Gasteiger partial charge on any atom is 0.337 e. The molecule has 0 amide bonds. The Hall–Kier alpha value is -3.41. The standard InChI is InChI=1S/C24H21FIN5O3/c1-12-20(28-15-6-4-14(27)5-7-15)19-21(29(2)22(12)32)31(18-10-3-13(26)11-17(18)25)24(34)30(23(19)33)16-8-9-16/h3-7,10-11,16,28H,8-9,27H2,1-2H3. The first-order valence-corrected chi connectivity index (χ1v) is 11.8. The van der Waals surface area contributed by atoms with E-state index in [1.54, 1.807) is 37.3 Å². The van der Waals surface area contributed by atoms with Crippen LogP contribution in [0.25, 0.3) is 16.7 Å². The molecule has 0 aliphatic heterocycles. The van der Waals surface area contributed by atoms with Gasteiger partial charge in [0.1, 0.15) is 16.9 Å². The van der Waals surface area contributed by atoms with E-state index in [2.05, 4.69) is 5.32 Å². The molecule has 0 radical (unpaired) electrons. The molecule has 2 heterocycles. The number of rotatable bonds is 4. The Labute approximate surface area is 206 Å². The van der Waals surface area contributed by atoms with Gasteiger partial charge in [0, 0.05) is 33.6 Å². The second-order valence-corrected chi connectivity index (χ2v) is 9.68. The van der Waals surface area contributed by atoms with Gasteiger partial charge in [-0.2, -0.15) is 0 Å². The summed E-state index contributed by atoms with van der Waals surface area (Å²) in [5, 5.41) is 3.31. The second kappa shape index (κ2) is 8.12. The van der Waals surface area contributed by atoms with Crippen molar-refractivity contribution in [3.05, 3.63) is 88.6 Å². The highest BCUT2D eigenvalue weighted by atomic mass is 127. The van der Waals surface area contributed by atoms with Gasteiger partial charge >= 0.3 is 5.69 Å². The third-order valence-corrected chi connectivity index (χ3v) is 6.75. The van der Waals surface area contributed by atoms with Crippen LogP contribution < -0.4 is 27.9 Å². The Morgan fingerprint density at radius 2 is 1.74 bits per heavy atom. The first kappa shape index (κ1) is 22.4. The molecule has 1 fully saturated rings. The summed E-state index contributed by atoms with van der Waals surface area (Å²) in [4.78, 5) is 40.5. The largest absolute Gasteiger partial charge is 0.399 e. The van der Waals surface area contributed by atoms with Gasteiger partial charge in [-0.15, -0.1) is 0 Å². The molecule has 0 unspecified atom stereocenters. The van der Waals surface area contributed by atoms with Crippen LogP contribution in [0.4, 0.5) is 21.5 Å². The average Bonchev–Trinajstić information content (AvgIpc) is 3.62. The highest BCUT2D eigenvalue weighted by Gasteiger charge is 2.32. The normalized spacial score (nSPS) is 13.4. The van der Waals surface area contributed by atoms with E-state index in [0.29, 0.717) is 33.4 Å². The second-order valence-electron chi connectivity index (χ2n) is 8.43. The van der Waals surface area contributed by atoms with Gasteiger partial charge < -0.3 is 11.1 Å². The third-order valence-electron chi connectivity index (χ3n) is 6.08. The Kier molecular flexibility index (Phi) is 5.34. The molecule has 4 aromatic rings. The molecule has 5 rings (SSSR count). The maximum atomic E-state index is 15.1. The lowest BCUT2D eigenvalue weighted by Crippen LogP contribution is -2.42. The van der Waals surface area contributed by atoms with Gasteiger partial charge in [0.15, 0.2) is 0 Å². The zero-order valence-electron chi connectivity index (χ0n) is 18.4. The lowest BCUT2D eigenvalue weighted by molar-refractivity contribution is 0.596. The van der Waals surface area contributed by atoms with E-state index in [1.165, 1.54) is 28.3 Å². The van der Waals surface area contributed by atoms with E-state index >= 15 is 4.39 Å². The van der Waals surface area contributed by atoms with Gasteiger partial charge in [0.25, 0.3) is 11.1 Å². The molecule has 0 bridgehead atoms. The van der Waals surface area contributed by atoms with Gasteiger partial charge in [0.05, 0.1) is 11.4 Å². The van der Waals surface area contributed by atoms with Crippen LogP contribution in [0.2, 0.25) is 0 Å². The number of hydrogen-bond donors (Lipinski definition) is 2. The van der Waals surface area contributed by atoms with Crippen molar-refractivity contribution in [1.82, 2.24) is 13.7 Å². The Morgan fingerprint density at radius 1 is 1.06 bits per heavy atom. The van der Waals surface area contributed by atoms with Crippen molar-refractivity contribution in [1.29, 1.82) is 0 Å². The van der Waals surface area contributed by atoms with Crippen molar-refractivity contribution in [2.45, 2.75) is 25.8 Å². The van der Waals surface area contributed by atoms with E-state index in [1.807, 2.05) is 22.6 Å². The molecule has 1 saturated carbocycles. The predicted octanol–water partition coefficient (Wildman–Crippen LogP) is 3.56. The molecule has 0 atom stereocenters. The first-order valence-electron chi connectivity index (χ1n) is 10.7. The molecule has 1 aliphatic carbocycles. The van der Waals surface area contributed by atoms with Gasteiger partial charge in [-0.25, -0.2) is 13.8 Å². The Balaban J connectivity index is 1.96. The lowest BCUT2D eigenvalue weighted by Gasteiger charge is -2.20. The van der Waals surface area contributed by atoms with Crippen molar-refractivity contribution < 1.29 is 4.39 Å². The van der Waals surface area contributed by atoms with Gasteiger partial charge in [-0.05, 0) is 84.8 Å². The van der Waals surface area contributed by atoms with Crippen LogP contribution in [-0.4, -0.2) is 13.7 Å². The monoisotopic (exact) mass is 573 g/mol. The van der Waals surface area contributed by atoms with Crippen molar-refractivity contribution in [2.75, 3.05) is 11.1 Å². The summed E-state index contributed by atoms with van der Waals surface area (Å²) in [5.74, 6) is -0.627. The zero-order chi connectivity index (χ0) is 24.3. The fraction of sp³-hybridized carbons (Fsp3) is 0.208. The Bertz CT molecular complexity index is 1650. The molecule has 2 aromatic heterocycles. The van der Waals surface area contributed by atoms with Crippen LogP contribution >= 0.6 is 22.6 Å². The van der Waals surface area contributed by atoms with Crippen LogP contribution in [-0.2, 0) is 7.05 Å². The molecule has 174 valence electrons. The predicted molar refractivity (Wildman–Crippen MR) is 139 cm³/mol. The fourth-order valence-corrected chi connectivity index (χ4v) is 4.65. The molecule has 0 spiro atoms. The van der Waals surface area contributed by atoms with Crippen LogP contribution in [0.3, 0.4) is 0 Å². The van der Waals surface area contributed by atoms with Crippen LogP contribution in [0.15, 0.2) is 56.8 Å². The summed E-state index contributed by atoms with van der Waals surface area (Å²) < 4.78 is 19.3.